The molecular formula is C14H13ClN2OS. The Bertz CT molecular complexity index is 604. The number of amides is 1. The van der Waals surface area contributed by atoms with Crippen molar-refractivity contribution in [3.8, 4) is 10.4 Å². The van der Waals surface area contributed by atoms with Crippen molar-refractivity contribution in [2.24, 2.45) is 0 Å². The number of nitrogen functional groups attached to an aromatic ring is 1. The molecule has 0 spiro atoms. The minimum Gasteiger partial charge on any atom is -0.390 e. The van der Waals surface area contributed by atoms with Crippen LogP contribution in [0.1, 0.15) is 10.4 Å². The largest absolute Gasteiger partial charge is 0.390 e. The van der Waals surface area contributed by atoms with Gasteiger partial charge in [0.05, 0.1) is 10.6 Å². The maximum absolute atomic E-state index is 11.9. The van der Waals surface area contributed by atoms with Gasteiger partial charge in [0, 0.05) is 16.4 Å². The number of carbonyl (C=O) groups is 1. The van der Waals surface area contributed by atoms with Crippen LogP contribution in [-0.2, 0) is 0 Å². The van der Waals surface area contributed by atoms with E-state index in [0.717, 1.165) is 10.4 Å². The van der Waals surface area contributed by atoms with Gasteiger partial charge < -0.3 is 11.1 Å². The van der Waals surface area contributed by atoms with Crippen LogP contribution in [0.15, 0.2) is 43.0 Å². The molecule has 1 amide bonds. The number of benzene rings is 1. The van der Waals surface area contributed by atoms with E-state index < -0.39 is 0 Å². The third-order valence-corrected chi connectivity index (χ3v) is 3.81. The van der Waals surface area contributed by atoms with E-state index in [-0.39, 0.29) is 5.91 Å². The Kier molecular flexibility index (Phi) is 4.24. The lowest BCUT2D eigenvalue weighted by atomic mass is 10.1. The SMILES string of the molecule is C=CCNC(=O)c1cc(-c2ccc(Cl)cc2)sc1N. The van der Waals surface area contributed by atoms with Gasteiger partial charge >= 0.3 is 0 Å². The molecule has 3 nitrogen and oxygen atoms in total. The number of nitrogens with two attached hydrogens (primary N) is 1. The number of anilines is 1. The molecule has 1 aromatic heterocycles. The van der Waals surface area contributed by atoms with Crippen LogP contribution in [-0.4, -0.2) is 12.5 Å². The molecule has 1 aromatic carbocycles. The third-order valence-electron chi connectivity index (χ3n) is 2.54. The Morgan fingerprint density at radius 3 is 2.74 bits per heavy atom. The molecule has 0 saturated heterocycles. The number of nitrogens with one attached hydrogen (secondary N) is 1. The number of carbonyl (C=O) groups excluding carboxylic acids is 1. The minimum atomic E-state index is -0.186. The fourth-order valence-electron chi connectivity index (χ4n) is 1.60. The molecule has 1 heterocycles. The first-order chi connectivity index (χ1) is 9.11. The smallest absolute Gasteiger partial charge is 0.254 e. The number of rotatable bonds is 4. The van der Waals surface area contributed by atoms with Crippen LogP contribution >= 0.6 is 22.9 Å². The lowest BCUT2D eigenvalue weighted by molar-refractivity contribution is 0.0959. The first kappa shape index (κ1) is 13.6. The summed E-state index contributed by atoms with van der Waals surface area (Å²) in [7, 11) is 0. The summed E-state index contributed by atoms with van der Waals surface area (Å²) in [5.41, 5.74) is 7.37. The van der Waals surface area contributed by atoms with Crippen LogP contribution in [0.3, 0.4) is 0 Å². The Balaban J connectivity index is 2.27. The predicted octanol–water partition coefficient (Wildman–Crippen LogP) is 3.57. The molecule has 2 aromatic rings. The van der Waals surface area contributed by atoms with Gasteiger partial charge in [-0.25, -0.2) is 0 Å². The van der Waals surface area contributed by atoms with Gasteiger partial charge in [-0.15, -0.1) is 17.9 Å². The molecule has 3 N–H and O–H groups in total. The van der Waals surface area contributed by atoms with Gasteiger partial charge in [-0.1, -0.05) is 29.8 Å². The van der Waals surface area contributed by atoms with E-state index in [1.165, 1.54) is 11.3 Å². The maximum Gasteiger partial charge on any atom is 0.254 e. The fraction of sp³-hybridized carbons (Fsp3) is 0.0714. The van der Waals surface area contributed by atoms with E-state index >= 15 is 0 Å². The molecule has 0 aliphatic rings. The van der Waals surface area contributed by atoms with E-state index in [4.69, 9.17) is 17.3 Å². The van der Waals surface area contributed by atoms with Crippen molar-refractivity contribution in [2.75, 3.05) is 12.3 Å². The van der Waals surface area contributed by atoms with Gasteiger partial charge in [0.1, 0.15) is 0 Å². The average molecular weight is 293 g/mol. The van der Waals surface area contributed by atoms with Crippen molar-refractivity contribution < 1.29 is 4.79 Å². The highest BCUT2D eigenvalue weighted by atomic mass is 35.5. The van der Waals surface area contributed by atoms with Gasteiger partial charge in [-0.2, -0.15) is 0 Å². The molecule has 0 atom stereocenters. The van der Waals surface area contributed by atoms with Crippen LogP contribution in [0, 0.1) is 0 Å². The summed E-state index contributed by atoms with van der Waals surface area (Å²) in [6.07, 6.45) is 1.63. The third kappa shape index (κ3) is 3.16. The van der Waals surface area contributed by atoms with Crippen LogP contribution < -0.4 is 11.1 Å². The zero-order valence-corrected chi connectivity index (χ0v) is 11.7. The minimum absolute atomic E-state index is 0.186. The number of halogens is 1. The van der Waals surface area contributed by atoms with E-state index in [2.05, 4.69) is 11.9 Å². The number of hydrogen-bond acceptors (Lipinski definition) is 3. The normalized spacial score (nSPS) is 10.2. The molecule has 0 unspecified atom stereocenters. The lowest BCUT2D eigenvalue weighted by Gasteiger charge is -1.99. The van der Waals surface area contributed by atoms with E-state index in [1.54, 1.807) is 12.1 Å². The summed E-state index contributed by atoms with van der Waals surface area (Å²) >= 11 is 7.23. The molecule has 19 heavy (non-hydrogen) atoms. The quantitative estimate of drug-likeness (QED) is 0.847. The fourth-order valence-corrected chi connectivity index (χ4v) is 2.65. The van der Waals surface area contributed by atoms with E-state index in [9.17, 15) is 4.79 Å². The summed E-state index contributed by atoms with van der Waals surface area (Å²) < 4.78 is 0. The van der Waals surface area contributed by atoms with Gasteiger partial charge in [-0.3, -0.25) is 4.79 Å². The van der Waals surface area contributed by atoms with Gasteiger partial charge in [0.2, 0.25) is 0 Å². The Morgan fingerprint density at radius 1 is 1.42 bits per heavy atom. The van der Waals surface area contributed by atoms with Crippen LogP contribution in [0.25, 0.3) is 10.4 Å². The molecular weight excluding hydrogens is 280 g/mol. The zero-order valence-electron chi connectivity index (χ0n) is 10.2. The summed E-state index contributed by atoms with van der Waals surface area (Å²) in [4.78, 5) is 12.8. The average Bonchev–Trinajstić information content (AvgIpc) is 2.79. The van der Waals surface area contributed by atoms with Crippen LogP contribution in [0.4, 0.5) is 5.00 Å². The van der Waals surface area contributed by atoms with Crippen LogP contribution in [0.2, 0.25) is 5.02 Å². The summed E-state index contributed by atoms with van der Waals surface area (Å²) in [6, 6.07) is 9.22. The molecule has 0 bridgehead atoms. The zero-order chi connectivity index (χ0) is 13.8. The first-order valence-corrected chi connectivity index (χ1v) is 6.85. The second kappa shape index (κ2) is 5.91. The van der Waals surface area contributed by atoms with Gasteiger partial charge in [0.15, 0.2) is 0 Å². The Labute approximate surface area is 120 Å². The summed E-state index contributed by atoms with van der Waals surface area (Å²) in [6.45, 7) is 3.97. The van der Waals surface area contributed by atoms with Crippen LogP contribution in [0.5, 0.6) is 0 Å². The highest BCUT2D eigenvalue weighted by molar-refractivity contribution is 7.19. The van der Waals surface area contributed by atoms with Crippen molar-refractivity contribution in [1.29, 1.82) is 0 Å². The molecule has 0 fully saturated rings. The van der Waals surface area contributed by atoms with Crippen molar-refractivity contribution >= 4 is 33.8 Å². The highest BCUT2D eigenvalue weighted by Crippen LogP contribution is 2.33. The number of thiophene rings is 1. The first-order valence-electron chi connectivity index (χ1n) is 5.66. The van der Waals surface area contributed by atoms with Crippen molar-refractivity contribution in [3.63, 3.8) is 0 Å². The van der Waals surface area contributed by atoms with Gasteiger partial charge in [-0.05, 0) is 23.8 Å². The predicted molar refractivity (Wildman–Crippen MR) is 81.7 cm³/mol. The Hall–Kier alpha value is -1.78. The second-order valence-electron chi connectivity index (χ2n) is 3.89. The Morgan fingerprint density at radius 2 is 2.11 bits per heavy atom. The summed E-state index contributed by atoms with van der Waals surface area (Å²) in [5.74, 6) is -0.186. The molecule has 5 heteroatoms. The standard InChI is InChI=1S/C14H13ClN2OS/c1-2-7-17-14(18)11-8-12(19-13(11)16)9-3-5-10(15)6-4-9/h2-6,8H,1,7,16H2,(H,17,18). The molecule has 0 aliphatic carbocycles. The van der Waals surface area contributed by atoms with E-state index in [0.29, 0.717) is 22.1 Å². The molecule has 0 saturated carbocycles. The van der Waals surface area contributed by atoms with Crippen molar-refractivity contribution in [2.45, 2.75) is 0 Å². The summed E-state index contributed by atoms with van der Waals surface area (Å²) in [5, 5.41) is 3.90. The maximum atomic E-state index is 11.9. The van der Waals surface area contributed by atoms with Gasteiger partial charge in [0.25, 0.3) is 5.91 Å². The lowest BCUT2D eigenvalue weighted by Crippen LogP contribution is -2.23. The molecule has 0 aliphatic heterocycles. The highest BCUT2D eigenvalue weighted by Gasteiger charge is 2.14. The monoisotopic (exact) mass is 292 g/mol. The van der Waals surface area contributed by atoms with Crippen molar-refractivity contribution in [3.05, 3.63) is 53.6 Å². The molecule has 0 radical (unpaired) electrons. The molecule has 98 valence electrons. The van der Waals surface area contributed by atoms with Crippen molar-refractivity contribution in [1.82, 2.24) is 5.32 Å². The topological polar surface area (TPSA) is 55.1 Å². The molecule has 2 rings (SSSR count). The number of hydrogen-bond donors (Lipinski definition) is 2. The van der Waals surface area contributed by atoms with E-state index in [1.807, 2.05) is 24.3 Å². The second-order valence-corrected chi connectivity index (χ2v) is 5.41.